The van der Waals surface area contributed by atoms with E-state index in [0.717, 1.165) is 5.56 Å². The fraction of sp³-hybridized carbons (Fsp3) is 0.579. The van der Waals surface area contributed by atoms with Gasteiger partial charge in [-0.1, -0.05) is 77.1 Å². The first-order chi connectivity index (χ1) is 9.99. The normalized spacial score (nSPS) is 15.3. The molecule has 0 unspecified atom stereocenters. The zero-order valence-corrected chi connectivity index (χ0v) is 16.2. The van der Waals surface area contributed by atoms with Crippen LogP contribution in [0.25, 0.3) is 6.08 Å². The maximum absolute atomic E-state index is 9.76. The molecule has 1 rings (SSSR count). The molecule has 0 aliphatic carbocycles. The topological polar surface area (TPSA) is 29.5 Å². The highest BCUT2D eigenvalue weighted by Gasteiger charge is 2.41. The molecule has 0 spiro atoms. The minimum absolute atomic E-state index is 0.0985. The Morgan fingerprint density at radius 3 is 2.09 bits per heavy atom. The van der Waals surface area contributed by atoms with Crippen molar-refractivity contribution in [1.29, 1.82) is 0 Å². The Bertz CT molecular complexity index is 484. The second kappa shape index (κ2) is 7.11. The highest BCUT2D eigenvalue weighted by atomic mass is 28.4. The van der Waals surface area contributed by atoms with Crippen molar-refractivity contribution in [2.75, 3.05) is 6.61 Å². The van der Waals surface area contributed by atoms with E-state index in [9.17, 15) is 5.11 Å². The monoisotopic (exact) mass is 320 g/mol. The molecule has 124 valence electrons. The third kappa shape index (κ3) is 5.08. The minimum Gasteiger partial charge on any atom is -0.410 e. The number of hydrogen-bond donors (Lipinski definition) is 1. The summed E-state index contributed by atoms with van der Waals surface area (Å²) in [6.45, 7) is 15.4. The maximum Gasteiger partial charge on any atom is 0.192 e. The van der Waals surface area contributed by atoms with Gasteiger partial charge in [-0.2, -0.15) is 0 Å². The molecule has 0 bridgehead atoms. The molecule has 0 saturated heterocycles. The van der Waals surface area contributed by atoms with Crippen LogP contribution in [0.3, 0.4) is 0 Å². The average Bonchev–Trinajstić information content (AvgIpc) is 2.43. The summed E-state index contributed by atoms with van der Waals surface area (Å²) in [4.78, 5) is 0. The summed E-state index contributed by atoms with van der Waals surface area (Å²) in [5.41, 5.74) is 0.848. The SMILES string of the molecule is CC(C)(CO)[C@@H](/C=C/c1ccccc1)O[Si](C)(C)C(C)(C)C. The first-order valence-corrected chi connectivity index (χ1v) is 10.9. The van der Waals surface area contributed by atoms with Gasteiger partial charge < -0.3 is 9.53 Å². The fourth-order valence-corrected chi connectivity index (χ4v) is 3.19. The van der Waals surface area contributed by atoms with Crippen LogP contribution >= 0.6 is 0 Å². The molecule has 1 N–H and O–H groups in total. The van der Waals surface area contributed by atoms with Crippen molar-refractivity contribution in [2.24, 2.45) is 5.41 Å². The van der Waals surface area contributed by atoms with Crippen LogP contribution in [0.15, 0.2) is 36.4 Å². The molecule has 0 saturated carbocycles. The first kappa shape index (κ1) is 19.1. The molecule has 0 radical (unpaired) electrons. The van der Waals surface area contributed by atoms with Gasteiger partial charge in [0.05, 0.1) is 12.7 Å². The first-order valence-electron chi connectivity index (χ1n) is 8.01. The van der Waals surface area contributed by atoms with Gasteiger partial charge in [-0.25, -0.2) is 0 Å². The predicted octanol–water partition coefficient (Wildman–Crippen LogP) is 5.11. The molecule has 0 heterocycles. The second-order valence-electron chi connectivity index (χ2n) is 8.22. The smallest absolute Gasteiger partial charge is 0.192 e. The summed E-state index contributed by atoms with van der Waals surface area (Å²) in [7, 11) is -1.89. The molecular weight excluding hydrogens is 288 g/mol. The van der Waals surface area contributed by atoms with E-state index >= 15 is 0 Å². The number of aliphatic hydroxyl groups is 1. The summed E-state index contributed by atoms with van der Waals surface area (Å²) in [5.74, 6) is 0. The predicted molar refractivity (Wildman–Crippen MR) is 98.4 cm³/mol. The molecule has 1 atom stereocenters. The lowest BCUT2D eigenvalue weighted by atomic mass is 9.87. The fourth-order valence-electron chi connectivity index (χ4n) is 1.81. The van der Waals surface area contributed by atoms with E-state index in [-0.39, 0.29) is 23.2 Å². The second-order valence-corrected chi connectivity index (χ2v) is 13.0. The lowest BCUT2D eigenvalue weighted by molar-refractivity contribution is 0.0457. The van der Waals surface area contributed by atoms with Gasteiger partial charge in [0.1, 0.15) is 0 Å². The van der Waals surface area contributed by atoms with Crippen LogP contribution in [0, 0.1) is 5.41 Å². The molecule has 0 aromatic heterocycles. The van der Waals surface area contributed by atoms with Crippen molar-refractivity contribution in [2.45, 2.75) is 58.9 Å². The lowest BCUT2D eigenvalue weighted by Gasteiger charge is -2.42. The molecule has 0 amide bonds. The van der Waals surface area contributed by atoms with Gasteiger partial charge in [-0.3, -0.25) is 0 Å². The molecule has 0 aliphatic heterocycles. The van der Waals surface area contributed by atoms with Crippen LogP contribution in [0.1, 0.15) is 40.2 Å². The van der Waals surface area contributed by atoms with Gasteiger partial charge in [0.2, 0.25) is 0 Å². The highest BCUT2D eigenvalue weighted by Crippen LogP contribution is 2.40. The van der Waals surface area contributed by atoms with E-state index in [4.69, 9.17) is 4.43 Å². The zero-order valence-electron chi connectivity index (χ0n) is 15.2. The maximum atomic E-state index is 9.76. The standard InChI is InChI=1S/C19H32O2Si/c1-18(2,3)22(6,7)21-17(19(4,5)15-20)14-13-16-11-9-8-10-12-16/h8-14,17,20H,15H2,1-7H3/b14-13+/t17-/m1/s1. The summed E-state index contributed by atoms with van der Waals surface area (Å²) >= 11 is 0. The van der Waals surface area contributed by atoms with E-state index in [2.05, 4.69) is 72.0 Å². The molecule has 3 heteroatoms. The minimum atomic E-state index is -1.89. The molecule has 1 aromatic carbocycles. The van der Waals surface area contributed by atoms with Crippen molar-refractivity contribution in [3.8, 4) is 0 Å². The third-order valence-corrected chi connectivity index (χ3v) is 9.12. The molecule has 0 aliphatic rings. The number of aliphatic hydroxyl groups excluding tert-OH is 1. The van der Waals surface area contributed by atoms with E-state index in [1.165, 1.54) is 0 Å². The van der Waals surface area contributed by atoms with E-state index < -0.39 is 8.32 Å². The number of hydrogen-bond acceptors (Lipinski definition) is 2. The Kier molecular flexibility index (Phi) is 6.19. The quantitative estimate of drug-likeness (QED) is 0.738. The van der Waals surface area contributed by atoms with Crippen LogP contribution in [0.4, 0.5) is 0 Å². The Labute approximate surface area is 137 Å². The molecule has 2 nitrogen and oxygen atoms in total. The van der Waals surface area contributed by atoms with Gasteiger partial charge >= 0.3 is 0 Å². The van der Waals surface area contributed by atoms with Crippen LogP contribution < -0.4 is 0 Å². The highest BCUT2D eigenvalue weighted by molar-refractivity contribution is 6.74. The van der Waals surface area contributed by atoms with Gasteiger partial charge in [0.25, 0.3) is 0 Å². The molecule has 0 fully saturated rings. The number of rotatable bonds is 6. The van der Waals surface area contributed by atoms with Crippen LogP contribution in [0.2, 0.25) is 18.1 Å². The van der Waals surface area contributed by atoms with Crippen LogP contribution in [0.5, 0.6) is 0 Å². The summed E-state index contributed by atoms with van der Waals surface area (Å²) in [6.07, 6.45) is 4.10. The largest absolute Gasteiger partial charge is 0.410 e. The Hall–Kier alpha value is -0.903. The van der Waals surface area contributed by atoms with Crippen molar-refractivity contribution < 1.29 is 9.53 Å². The van der Waals surface area contributed by atoms with Crippen molar-refractivity contribution in [1.82, 2.24) is 0 Å². The average molecular weight is 321 g/mol. The Balaban J connectivity index is 3.03. The van der Waals surface area contributed by atoms with Crippen molar-refractivity contribution in [3.63, 3.8) is 0 Å². The summed E-state index contributed by atoms with van der Waals surface area (Å²) < 4.78 is 6.57. The van der Waals surface area contributed by atoms with E-state index in [0.29, 0.717) is 0 Å². The van der Waals surface area contributed by atoms with Gasteiger partial charge in [0.15, 0.2) is 8.32 Å². The number of benzene rings is 1. The lowest BCUT2D eigenvalue weighted by Crippen LogP contribution is -2.48. The molecular formula is C19H32O2Si. The Morgan fingerprint density at radius 2 is 1.64 bits per heavy atom. The van der Waals surface area contributed by atoms with Crippen LogP contribution in [-0.2, 0) is 4.43 Å². The van der Waals surface area contributed by atoms with Crippen molar-refractivity contribution in [3.05, 3.63) is 42.0 Å². The third-order valence-electron chi connectivity index (χ3n) is 4.67. The van der Waals surface area contributed by atoms with E-state index in [1.807, 2.05) is 18.2 Å². The zero-order chi connectivity index (χ0) is 17.0. The van der Waals surface area contributed by atoms with Crippen LogP contribution in [-0.4, -0.2) is 26.1 Å². The summed E-state index contributed by atoms with van der Waals surface area (Å²) in [5, 5.41) is 9.91. The molecule has 1 aromatic rings. The summed E-state index contributed by atoms with van der Waals surface area (Å²) in [6, 6.07) is 10.2. The van der Waals surface area contributed by atoms with E-state index in [1.54, 1.807) is 0 Å². The molecule has 22 heavy (non-hydrogen) atoms. The van der Waals surface area contributed by atoms with Gasteiger partial charge in [0, 0.05) is 5.41 Å². The van der Waals surface area contributed by atoms with Gasteiger partial charge in [-0.15, -0.1) is 0 Å². The van der Waals surface area contributed by atoms with Gasteiger partial charge in [-0.05, 0) is 23.7 Å². The Morgan fingerprint density at radius 1 is 1.09 bits per heavy atom. The van der Waals surface area contributed by atoms with Crippen molar-refractivity contribution >= 4 is 14.4 Å².